The molecule has 0 aromatic heterocycles. The van der Waals surface area contributed by atoms with Crippen LogP contribution in [0.2, 0.25) is 5.02 Å². The van der Waals surface area contributed by atoms with Crippen LogP contribution < -0.4 is 10.1 Å². The lowest BCUT2D eigenvalue weighted by Crippen LogP contribution is -2.33. The Balaban J connectivity index is 2.38. The van der Waals surface area contributed by atoms with Gasteiger partial charge in [-0.3, -0.25) is 4.79 Å². The fraction of sp³-hybridized carbons (Fsp3) is 0.278. The molecule has 0 saturated heterocycles. The molecule has 0 atom stereocenters. The number of anilines is 1. The van der Waals surface area contributed by atoms with Crippen LogP contribution in [0.3, 0.4) is 0 Å². The second-order valence-corrected chi connectivity index (χ2v) is 8.49. The highest BCUT2D eigenvalue weighted by Gasteiger charge is 2.25. The lowest BCUT2D eigenvalue weighted by molar-refractivity contribution is -0.0493. The van der Waals surface area contributed by atoms with Crippen molar-refractivity contribution in [2.75, 3.05) is 12.4 Å². The Morgan fingerprint density at radius 3 is 2.43 bits per heavy atom. The smallest absolute Gasteiger partial charge is 0.387 e. The molecule has 10 heteroatoms. The maximum atomic E-state index is 12.6. The average Bonchev–Trinajstić information content (AvgIpc) is 2.62. The monoisotopic (exact) mass is 432 g/mol. The van der Waals surface area contributed by atoms with E-state index in [1.807, 2.05) is 0 Å². The minimum atomic E-state index is -3.84. The van der Waals surface area contributed by atoms with Gasteiger partial charge in [0.1, 0.15) is 5.75 Å². The van der Waals surface area contributed by atoms with Crippen LogP contribution in [0, 0.1) is 0 Å². The zero-order valence-electron chi connectivity index (χ0n) is 15.3. The van der Waals surface area contributed by atoms with Gasteiger partial charge in [-0.1, -0.05) is 23.7 Å². The van der Waals surface area contributed by atoms with E-state index in [0.717, 1.165) is 10.4 Å². The summed E-state index contributed by atoms with van der Waals surface area (Å²) in [6.45, 7) is 0.351. The SMILES string of the molecule is CC(C)N(C)S(=O)(=O)c1ccc(Cl)c(C(=O)Nc2ccccc2OC(F)F)c1. The van der Waals surface area contributed by atoms with Crippen LogP contribution in [-0.2, 0) is 10.0 Å². The Morgan fingerprint density at radius 2 is 1.82 bits per heavy atom. The van der Waals surface area contributed by atoms with Gasteiger partial charge in [0, 0.05) is 13.1 Å². The predicted octanol–water partition coefficient (Wildman–Crippen LogP) is 4.22. The summed E-state index contributed by atoms with van der Waals surface area (Å²) in [6, 6.07) is 9.06. The molecule has 0 aliphatic carbocycles. The number of hydrogen-bond acceptors (Lipinski definition) is 4. The highest BCUT2D eigenvalue weighted by molar-refractivity contribution is 7.89. The summed E-state index contributed by atoms with van der Waals surface area (Å²) >= 11 is 6.05. The van der Waals surface area contributed by atoms with Crippen LogP contribution in [0.25, 0.3) is 0 Å². The van der Waals surface area contributed by atoms with Crippen molar-refractivity contribution < 1.29 is 26.7 Å². The van der Waals surface area contributed by atoms with Crippen LogP contribution in [0.4, 0.5) is 14.5 Å². The van der Waals surface area contributed by atoms with E-state index in [4.69, 9.17) is 11.6 Å². The van der Waals surface area contributed by atoms with E-state index in [2.05, 4.69) is 10.1 Å². The van der Waals surface area contributed by atoms with Crippen LogP contribution >= 0.6 is 11.6 Å². The molecule has 152 valence electrons. The summed E-state index contributed by atoms with van der Waals surface area (Å²) in [7, 11) is -2.41. The van der Waals surface area contributed by atoms with Gasteiger partial charge in [-0.25, -0.2) is 8.42 Å². The number of sulfonamides is 1. The molecule has 0 heterocycles. The highest BCUT2D eigenvalue weighted by Crippen LogP contribution is 2.28. The summed E-state index contributed by atoms with van der Waals surface area (Å²) in [4.78, 5) is 12.5. The van der Waals surface area contributed by atoms with Crippen molar-refractivity contribution in [3.63, 3.8) is 0 Å². The van der Waals surface area contributed by atoms with Gasteiger partial charge in [-0.2, -0.15) is 13.1 Å². The molecule has 0 unspecified atom stereocenters. The van der Waals surface area contributed by atoms with Crippen molar-refractivity contribution >= 4 is 33.2 Å². The quantitative estimate of drug-likeness (QED) is 0.710. The van der Waals surface area contributed by atoms with E-state index in [0.29, 0.717) is 0 Å². The number of amides is 1. The molecule has 0 fully saturated rings. The zero-order valence-corrected chi connectivity index (χ0v) is 16.9. The van der Waals surface area contributed by atoms with E-state index >= 15 is 0 Å². The van der Waals surface area contributed by atoms with Crippen molar-refractivity contribution in [1.29, 1.82) is 0 Å². The predicted molar refractivity (Wildman–Crippen MR) is 103 cm³/mol. The number of halogens is 3. The topological polar surface area (TPSA) is 75.7 Å². The number of ether oxygens (including phenoxy) is 1. The van der Waals surface area contributed by atoms with Crippen molar-refractivity contribution in [1.82, 2.24) is 4.31 Å². The van der Waals surface area contributed by atoms with Crippen molar-refractivity contribution in [3.8, 4) is 5.75 Å². The van der Waals surface area contributed by atoms with Crippen LogP contribution in [0.5, 0.6) is 5.75 Å². The Labute approximate surface area is 167 Å². The molecule has 2 rings (SSSR count). The minimum Gasteiger partial charge on any atom is -0.433 e. The minimum absolute atomic E-state index is 0.00331. The number of hydrogen-bond donors (Lipinski definition) is 1. The molecule has 2 aromatic rings. The summed E-state index contributed by atoms with van der Waals surface area (Å²) < 4.78 is 55.8. The molecule has 0 aliphatic rings. The molecule has 0 aliphatic heterocycles. The largest absolute Gasteiger partial charge is 0.433 e. The number of alkyl halides is 2. The molecule has 0 radical (unpaired) electrons. The van der Waals surface area contributed by atoms with E-state index in [9.17, 15) is 22.0 Å². The van der Waals surface area contributed by atoms with Gasteiger partial charge in [-0.05, 0) is 44.2 Å². The van der Waals surface area contributed by atoms with E-state index in [-0.39, 0.29) is 33.0 Å². The van der Waals surface area contributed by atoms with E-state index in [1.54, 1.807) is 13.8 Å². The summed E-state index contributed by atoms with van der Waals surface area (Å²) in [5, 5.41) is 2.42. The number of benzene rings is 2. The van der Waals surface area contributed by atoms with E-state index < -0.39 is 22.5 Å². The Kier molecular flexibility index (Phi) is 6.97. The molecule has 0 saturated carbocycles. The van der Waals surface area contributed by atoms with Gasteiger partial charge in [-0.15, -0.1) is 0 Å². The van der Waals surface area contributed by atoms with Crippen LogP contribution in [0.15, 0.2) is 47.4 Å². The third-order valence-corrected chi connectivity index (χ3v) is 6.30. The van der Waals surface area contributed by atoms with Gasteiger partial charge in [0.25, 0.3) is 5.91 Å². The number of para-hydroxylation sites is 2. The maximum Gasteiger partial charge on any atom is 0.387 e. The molecule has 1 amide bonds. The van der Waals surface area contributed by atoms with Gasteiger partial charge < -0.3 is 10.1 Å². The van der Waals surface area contributed by atoms with Gasteiger partial charge in [0.15, 0.2) is 0 Å². The molecular weight excluding hydrogens is 414 g/mol. The summed E-state index contributed by atoms with van der Waals surface area (Å²) in [6.07, 6.45) is 0. The highest BCUT2D eigenvalue weighted by atomic mass is 35.5. The molecular formula is C18H19ClF2N2O4S. The maximum absolute atomic E-state index is 12.6. The molecule has 0 spiro atoms. The molecule has 0 bridgehead atoms. The van der Waals surface area contributed by atoms with Crippen molar-refractivity contribution in [2.45, 2.75) is 31.4 Å². The Morgan fingerprint density at radius 1 is 1.18 bits per heavy atom. The number of rotatable bonds is 7. The average molecular weight is 433 g/mol. The third-order valence-electron chi connectivity index (χ3n) is 3.94. The number of nitrogens with zero attached hydrogens (tertiary/aromatic N) is 1. The van der Waals surface area contributed by atoms with Crippen molar-refractivity contribution in [3.05, 3.63) is 53.1 Å². The lowest BCUT2D eigenvalue weighted by atomic mass is 10.2. The van der Waals surface area contributed by atoms with Crippen molar-refractivity contribution in [2.24, 2.45) is 0 Å². The van der Waals surface area contributed by atoms with E-state index in [1.165, 1.54) is 43.4 Å². The molecule has 2 aromatic carbocycles. The number of carbonyl (C=O) groups is 1. The van der Waals surface area contributed by atoms with Crippen LogP contribution in [-0.4, -0.2) is 38.3 Å². The fourth-order valence-electron chi connectivity index (χ4n) is 2.24. The number of nitrogens with one attached hydrogen (secondary N) is 1. The first-order chi connectivity index (χ1) is 13.0. The first kappa shape index (κ1) is 22.1. The standard InChI is InChI=1S/C18H19ClF2N2O4S/c1-11(2)23(3)28(25,26)12-8-9-14(19)13(10-12)17(24)22-15-6-4-5-7-16(15)27-18(20)21/h4-11,18H,1-3H3,(H,22,24). The molecule has 28 heavy (non-hydrogen) atoms. The van der Waals surface area contributed by atoms with Crippen LogP contribution in [0.1, 0.15) is 24.2 Å². The molecule has 1 N–H and O–H groups in total. The third kappa shape index (κ3) is 4.98. The number of carbonyl (C=O) groups excluding carboxylic acids is 1. The Hall–Kier alpha value is -2.23. The van der Waals surface area contributed by atoms with Gasteiger partial charge >= 0.3 is 6.61 Å². The summed E-state index contributed by atoms with van der Waals surface area (Å²) in [5.41, 5.74) is -0.122. The lowest BCUT2D eigenvalue weighted by Gasteiger charge is -2.21. The normalized spacial score (nSPS) is 11.9. The summed E-state index contributed by atoms with van der Waals surface area (Å²) in [5.74, 6) is -0.996. The molecule has 6 nitrogen and oxygen atoms in total. The first-order valence-corrected chi connectivity index (χ1v) is 9.98. The van der Waals surface area contributed by atoms with Gasteiger partial charge in [0.05, 0.1) is 21.2 Å². The Bertz CT molecular complexity index is 968. The first-order valence-electron chi connectivity index (χ1n) is 8.16. The van der Waals surface area contributed by atoms with Gasteiger partial charge in [0.2, 0.25) is 10.0 Å². The second-order valence-electron chi connectivity index (χ2n) is 6.09. The fourth-order valence-corrected chi connectivity index (χ4v) is 3.84. The second kappa shape index (κ2) is 8.85. The zero-order chi connectivity index (χ0) is 21.1.